The molecule has 2 aromatic rings. The van der Waals surface area contributed by atoms with E-state index in [4.69, 9.17) is 9.47 Å². The molecule has 0 unspecified atom stereocenters. The van der Waals surface area contributed by atoms with Crippen LogP contribution in [-0.2, 0) is 9.47 Å². The number of carbonyl (C=O) groups excluding carboxylic acids is 1. The first-order valence-electron chi connectivity index (χ1n) is 8.46. The third-order valence-electron chi connectivity index (χ3n) is 4.82. The molecule has 1 amide bonds. The van der Waals surface area contributed by atoms with Crippen molar-refractivity contribution < 1.29 is 14.3 Å². The van der Waals surface area contributed by atoms with Gasteiger partial charge in [-0.05, 0) is 59.3 Å². The Hall–Kier alpha value is -1.69. The second kappa shape index (κ2) is 7.05. The van der Waals surface area contributed by atoms with Crippen LogP contribution in [0.25, 0.3) is 11.1 Å². The summed E-state index contributed by atoms with van der Waals surface area (Å²) in [5, 5.41) is 7.32. The van der Waals surface area contributed by atoms with Crippen LogP contribution in [0.4, 0.5) is 0 Å². The van der Waals surface area contributed by atoms with Crippen molar-refractivity contribution in [3.8, 4) is 11.1 Å². The zero-order chi connectivity index (χ0) is 16.4. The van der Waals surface area contributed by atoms with Crippen LogP contribution in [0.1, 0.15) is 29.6 Å². The van der Waals surface area contributed by atoms with Crippen molar-refractivity contribution in [2.75, 3.05) is 13.2 Å². The minimum atomic E-state index is -0.00736. The number of fused-ring (bicyclic) bond motifs is 1. The van der Waals surface area contributed by atoms with Gasteiger partial charge in [-0.25, -0.2) is 0 Å². The molecule has 1 aromatic carbocycles. The Bertz CT molecular complexity index is 683. The van der Waals surface area contributed by atoms with E-state index in [0.717, 1.165) is 24.8 Å². The van der Waals surface area contributed by atoms with Crippen LogP contribution in [0.5, 0.6) is 0 Å². The number of ether oxygens (including phenoxy) is 2. The molecule has 1 aromatic heterocycles. The molecule has 4 rings (SSSR count). The van der Waals surface area contributed by atoms with E-state index in [1.54, 1.807) is 11.3 Å². The molecule has 1 saturated heterocycles. The highest BCUT2D eigenvalue weighted by atomic mass is 32.1. The number of rotatable bonds is 3. The lowest BCUT2D eigenvalue weighted by molar-refractivity contribution is -0.157. The van der Waals surface area contributed by atoms with Crippen LogP contribution in [0.2, 0.25) is 0 Å². The molecular formula is C19H21NO3S. The van der Waals surface area contributed by atoms with E-state index in [2.05, 4.69) is 22.1 Å². The van der Waals surface area contributed by atoms with E-state index < -0.39 is 0 Å². The number of benzene rings is 1. The van der Waals surface area contributed by atoms with E-state index >= 15 is 0 Å². The van der Waals surface area contributed by atoms with Gasteiger partial charge >= 0.3 is 0 Å². The molecule has 4 nitrogen and oxygen atoms in total. The third kappa shape index (κ3) is 3.38. The predicted octanol–water partition coefficient (Wildman–Crippen LogP) is 3.48. The summed E-state index contributed by atoms with van der Waals surface area (Å²) in [6, 6.07) is 10.1. The fourth-order valence-corrected chi connectivity index (χ4v) is 4.17. The number of thiophene rings is 1. The molecular weight excluding hydrogens is 322 g/mol. The standard InChI is InChI=1S/C19H21NO3S/c21-19(14-3-1-13(2-4-14)15-7-10-24-12-15)20-16-5-6-17-18(11-16)23-9-8-22-17/h1-4,7,10,12,16-18H,5-6,8-9,11H2,(H,20,21)/t16-,17+,18-/m1/s1. The smallest absolute Gasteiger partial charge is 0.251 e. The van der Waals surface area contributed by atoms with E-state index in [1.165, 1.54) is 5.56 Å². The average Bonchev–Trinajstić information content (AvgIpc) is 3.16. The lowest BCUT2D eigenvalue weighted by atomic mass is 9.89. The fourth-order valence-electron chi connectivity index (χ4n) is 3.51. The molecule has 2 heterocycles. The number of nitrogens with one attached hydrogen (secondary N) is 1. The quantitative estimate of drug-likeness (QED) is 0.928. The highest BCUT2D eigenvalue weighted by Gasteiger charge is 2.34. The molecule has 0 radical (unpaired) electrons. The number of carbonyl (C=O) groups is 1. The molecule has 2 fully saturated rings. The summed E-state index contributed by atoms with van der Waals surface area (Å²) in [5.74, 6) is -0.00736. The summed E-state index contributed by atoms with van der Waals surface area (Å²) in [5.41, 5.74) is 3.04. The van der Waals surface area contributed by atoms with Crippen LogP contribution in [0, 0.1) is 0 Å². The normalized spacial score (nSPS) is 26.6. The Balaban J connectivity index is 1.37. The van der Waals surface area contributed by atoms with Crippen LogP contribution >= 0.6 is 11.3 Å². The minimum absolute atomic E-state index is 0.00736. The Labute approximate surface area is 145 Å². The summed E-state index contributed by atoms with van der Waals surface area (Å²) < 4.78 is 11.5. The van der Waals surface area contributed by atoms with Gasteiger partial charge in [0.15, 0.2) is 0 Å². The van der Waals surface area contributed by atoms with Crippen molar-refractivity contribution in [3.63, 3.8) is 0 Å². The summed E-state index contributed by atoms with van der Waals surface area (Å²) in [4.78, 5) is 12.5. The summed E-state index contributed by atoms with van der Waals surface area (Å²) in [7, 11) is 0. The minimum Gasteiger partial charge on any atom is -0.373 e. The number of hydrogen-bond donors (Lipinski definition) is 1. The van der Waals surface area contributed by atoms with Crippen molar-refractivity contribution in [3.05, 3.63) is 46.7 Å². The van der Waals surface area contributed by atoms with Gasteiger partial charge in [-0.1, -0.05) is 12.1 Å². The molecule has 0 spiro atoms. The lowest BCUT2D eigenvalue weighted by Crippen LogP contribution is -2.49. The van der Waals surface area contributed by atoms with Crippen LogP contribution in [0.15, 0.2) is 41.1 Å². The van der Waals surface area contributed by atoms with Gasteiger partial charge in [0.2, 0.25) is 0 Å². The van der Waals surface area contributed by atoms with E-state index in [9.17, 15) is 4.79 Å². The van der Waals surface area contributed by atoms with Gasteiger partial charge in [0.05, 0.1) is 25.4 Å². The van der Waals surface area contributed by atoms with Crippen LogP contribution < -0.4 is 5.32 Å². The molecule has 1 aliphatic heterocycles. The van der Waals surface area contributed by atoms with Crippen molar-refractivity contribution in [2.24, 2.45) is 0 Å². The first-order valence-corrected chi connectivity index (χ1v) is 9.40. The Morgan fingerprint density at radius 2 is 1.79 bits per heavy atom. The molecule has 1 N–H and O–H groups in total. The van der Waals surface area contributed by atoms with Gasteiger partial charge < -0.3 is 14.8 Å². The Morgan fingerprint density at radius 1 is 1.00 bits per heavy atom. The molecule has 5 heteroatoms. The largest absolute Gasteiger partial charge is 0.373 e. The molecule has 2 aliphatic rings. The average molecular weight is 343 g/mol. The van der Waals surface area contributed by atoms with Gasteiger partial charge in [-0.15, -0.1) is 0 Å². The van der Waals surface area contributed by atoms with Crippen molar-refractivity contribution in [1.29, 1.82) is 0 Å². The van der Waals surface area contributed by atoms with E-state index in [-0.39, 0.29) is 24.2 Å². The van der Waals surface area contributed by atoms with Crippen LogP contribution in [0.3, 0.4) is 0 Å². The number of amides is 1. The first kappa shape index (κ1) is 15.8. The predicted molar refractivity (Wildman–Crippen MR) is 94.3 cm³/mol. The molecule has 3 atom stereocenters. The maximum atomic E-state index is 12.5. The summed E-state index contributed by atoms with van der Waals surface area (Å²) in [6.07, 6.45) is 3.06. The zero-order valence-electron chi connectivity index (χ0n) is 13.4. The van der Waals surface area contributed by atoms with Crippen molar-refractivity contribution in [1.82, 2.24) is 5.32 Å². The molecule has 1 saturated carbocycles. The maximum absolute atomic E-state index is 12.5. The van der Waals surface area contributed by atoms with Gasteiger partial charge in [0.25, 0.3) is 5.91 Å². The molecule has 0 bridgehead atoms. The third-order valence-corrected chi connectivity index (χ3v) is 5.50. The van der Waals surface area contributed by atoms with Crippen molar-refractivity contribution >= 4 is 17.2 Å². The van der Waals surface area contributed by atoms with Gasteiger partial charge in [0, 0.05) is 11.6 Å². The molecule has 1 aliphatic carbocycles. The molecule has 24 heavy (non-hydrogen) atoms. The van der Waals surface area contributed by atoms with E-state index in [0.29, 0.717) is 18.8 Å². The van der Waals surface area contributed by atoms with Gasteiger partial charge in [0.1, 0.15) is 0 Å². The monoisotopic (exact) mass is 343 g/mol. The van der Waals surface area contributed by atoms with Crippen molar-refractivity contribution in [2.45, 2.75) is 37.5 Å². The SMILES string of the molecule is O=C(N[C@@H]1CC[C@@H]2OCCO[C@@H]2C1)c1ccc(-c2ccsc2)cc1. The maximum Gasteiger partial charge on any atom is 0.251 e. The fraction of sp³-hybridized carbons (Fsp3) is 0.421. The highest BCUT2D eigenvalue weighted by Crippen LogP contribution is 2.27. The Kier molecular flexibility index (Phi) is 4.65. The Morgan fingerprint density at radius 3 is 2.54 bits per heavy atom. The lowest BCUT2D eigenvalue weighted by Gasteiger charge is -2.39. The zero-order valence-corrected chi connectivity index (χ0v) is 14.3. The first-order chi connectivity index (χ1) is 11.8. The highest BCUT2D eigenvalue weighted by molar-refractivity contribution is 7.08. The van der Waals surface area contributed by atoms with E-state index in [1.807, 2.05) is 24.3 Å². The second-order valence-corrected chi connectivity index (χ2v) is 7.17. The second-order valence-electron chi connectivity index (χ2n) is 6.39. The summed E-state index contributed by atoms with van der Waals surface area (Å²) in [6.45, 7) is 1.35. The topological polar surface area (TPSA) is 47.6 Å². The summed E-state index contributed by atoms with van der Waals surface area (Å²) >= 11 is 1.68. The van der Waals surface area contributed by atoms with Gasteiger partial charge in [-0.3, -0.25) is 4.79 Å². The molecule has 126 valence electrons. The number of hydrogen-bond acceptors (Lipinski definition) is 4. The van der Waals surface area contributed by atoms with Crippen LogP contribution in [-0.4, -0.2) is 37.4 Å². The van der Waals surface area contributed by atoms with Gasteiger partial charge in [-0.2, -0.15) is 11.3 Å².